The van der Waals surface area contributed by atoms with Gasteiger partial charge in [-0.2, -0.15) is 0 Å². The highest BCUT2D eigenvalue weighted by atomic mass is 79.9. The number of carbonyl (C=O) groups is 2. The van der Waals surface area contributed by atoms with E-state index >= 15 is 0 Å². The van der Waals surface area contributed by atoms with Crippen LogP contribution in [-0.2, 0) is 9.59 Å². The monoisotopic (exact) mass is 314 g/mol. The Morgan fingerprint density at radius 3 is 2.61 bits per heavy atom. The minimum absolute atomic E-state index is 0.0430. The molecule has 5 nitrogen and oxygen atoms in total. The lowest BCUT2D eigenvalue weighted by atomic mass is 10.2. The zero-order valence-electron chi connectivity index (χ0n) is 10.2. The molecule has 0 aliphatic rings. The fourth-order valence-electron chi connectivity index (χ4n) is 1.22. The molecule has 2 amide bonds. The van der Waals surface area contributed by atoms with E-state index in [1.807, 2.05) is 19.1 Å². The Morgan fingerprint density at radius 1 is 1.39 bits per heavy atom. The molecule has 0 saturated heterocycles. The molecular weight excluding hydrogens is 300 g/mol. The van der Waals surface area contributed by atoms with Crippen LogP contribution in [0.4, 0.5) is 5.69 Å². The summed E-state index contributed by atoms with van der Waals surface area (Å²) in [5, 5.41) is 13.8. The largest absolute Gasteiger partial charge is 0.392 e. The number of aryl methyl sites for hydroxylation is 1. The molecule has 0 aliphatic heterocycles. The molecule has 1 rings (SSSR count). The Morgan fingerprint density at radius 2 is 2.06 bits per heavy atom. The third-order valence-electron chi connectivity index (χ3n) is 2.14. The first kappa shape index (κ1) is 14.7. The summed E-state index contributed by atoms with van der Waals surface area (Å²) < 4.78 is 0.708. The van der Waals surface area contributed by atoms with Crippen molar-refractivity contribution in [1.29, 1.82) is 0 Å². The maximum absolute atomic E-state index is 11.5. The SMILES string of the molecule is Cc1ccc(NC(=O)C(=O)NC[C@H](C)O)c(Br)c1. The van der Waals surface area contributed by atoms with Gasteiger partial charge in [0.1, 0.15) is 0 Å². The summed E-state index contributed by atoms with van der Waals surface area (Å²) in [6.07, 6.45) is -0.687. The van der Waals surface area contributed by atoms with E-state index in [-0.39, 0.29) is 6.54 Å². The van der Waals surface area contributed by atoms with Gasteiger partial charge in [-0.25, -0.2) is 0 Å². The lowest BCUT2D eigenvalue weighted by molar-refractivity contribution is -0.136. The van der Waals surface area contributed by atoms with Gasteiger partial charge in [-0.3, -0.25) is 9.59 Å². The molecule has 0 aliphatic carbocycles. The zero-order chi connectivity index (χ0) is 13.7. The van der Waals surface area contributed by atoms with Crippen molar-refractivity contribution in [3.8, 4) is 0 Å². The van der Waals surface area contributed by atoms with E-state index in [0.717, 1.165) is 5.56 Å². The number of amides is 2. The van der Waals surface area contributed by atoms with E-state index in [1.165, 1.54) is 6.92 Å². The number of nitrogens with one attached hydrogen (secondary N) is 2. The molecule has 0 fully saturated rings. The summed E-state index contributed by atoms with van der Waals surface area (Å²) in [6.45, 7) is 3.49. The molecule has 0 bridgehead atoms. The summed E-state index contributed by atoms with van der Waals surface area (Å²) in [5.41, 5.74) is 1.57. The highest BCUT2D eigenvalue weighted by Gasteiger charge is 2.15. The first-order chi connectivity index (χ1) is 8.40. The number of aliphatic hydroxyl groups is 1. The minimum atomic E-state index is -0.775. The lowest BCUT2D eigenvalue weighted by Gasteiger charge is -2.09. The van der Waals surface area contributed by atoms with Gasteiger partial charge in [-0.15, -0.1) is 0 Å². The topological polar surface area (TPSA) is 78.4 Å². The second-order valence-electron chi connectivity index (χ2n) is 4.00. The van der Waals surface area contributed by atoms with Crippen LogP contribution in [0.2, 0.25) is 0 Å². The number of rotatable bonds is 3. The smallest absolute Gasteiger partial charge is 0.313 e. The normalized spacial score (nSPS) is 11.8. The van der Waals surface area contributed by atoms with Crippen LogP contribution in [0, 0.1) is 6.92 Å². The summed E-state index contributed by atoms with van der Waals surface area (Å²) >= 11 is 3.30. The van der Waals surface area contributed by atoms with Crippen LogP contribution in [-0.4, -0.2) is 29.6 Å². The van der Waals surface area contributed by atoms with E-state index in [4.69, 9.17) is 5.11 Å². The molecule has 1 atom stereocenters. The highest BCUT2D eigenvalue weighted by Crippen LogP contribution is 2.23. The van der Waals surface area contributed by atoms with Gasteiger partial charge in [-0.05, 0) is 47.5 Å². The molecule has 0 radical (unpaired) electrons. The Labute approximate surface area is 114 Å². The van der Waals surface area contributed by atoms with Crippen molar-refractivity contribution in [2.45, 2.75) is 20.0 Å². The Hall–Kier alpha value is -1.40. The van der Waals surface area contributed by atoms with Gasteiger partial charge in [0.2, 0.25) is 0 Å². The molecule has 0 saturated carbocycles. The molecule has 18 heavy (non-hydrogen) atoms. The number of benzene rings is 1. The van der Waals surface area contributed by atoms with Crippen molar-refractivity contribution >= 4 is 33.4 Å². The Balaban J connectivity index is 2.61. The Bertz CT molecular complexity index is 461. The molecule has 98 valence electrons. The average molecular weight is 315 g/mol. The van der Waals surface area contributed by atoms with Gasteiger partial charge in [0.05, 0.1) is 11.8 Å². The fraction of sp³-hybridized carbons (Fsp3) is 0.333. The molecule has 1 aromatic carbocycles. The van der Waals surface area contributed by atoms with Crippen LogP contribution in [0.5, 0.6) is 0 Å². The van der Waals surface area contributed by atoms with Gasteiger partial charge >= 0.3 is 11.8 Å². The lowest BCUT2D eigenvalue weighted by Crippen LogP contribution is -2.38. The number of anilines is 1. The third-order valence-corrected chi connectivity index (χ3v) is 2.79. The number of aliphatic hydroxyl groups excluding tert-OH is 1. The van der Waals surface area contributed by atoms with Crippen LogP contribution in [0.15, 0.2) is 22.7 Å². The van der Waals surface area contributed by atoms with E-state index in [1.54, 1.807) is 6.07 Å². The van der Waals surface area contributed by atoms with Crippen LogP contribution in [0.3, 0.4) is 0 Å². The van der Waals surface area contributed by atoms with Crippen LogP contribution < -0.4 is 10.6 Å². The van der Waals surface area contributed by atoms with Crippen LogP contribution in [0.25, 0.3) is 0 Å². The van der Waals surface area contributed by atoms with Crippen molar-refractivity contribution in [1.82, 2.24) is 5.32 Å². The number of halogens is 1. The number of hydrogen-bond donors (Lipinski definition) is 3. The molecule has 0 heterocycles. The maximum Gasteiger partial charge on any atom is 0.313 e. The predicted octanol–water partition coefficient (Wildman–Crippen LogP) is 1.19. The summed E-state index contributed by atoms with van der Waals surface area (Å²) in [4.78, 5) is 22.9. The van der Waals surface area contributed by atoms with E-state index in [0.29, 0.717) is 10.2 Å². The molecule has 1 aromatic rings. The second kappa shape index (κ2) is 6.51. The summed E-state index contributed by atoms with van der Waals surface area (Å²) in [6, 6.07) is 5.37. The zero-order valence-corrected chi connectivity index (χ0v) is 11.7. The quantitative estimate of drug-likeness (QED) is 0.733. The van der Waals surface area contributed by atoms with Crippen LogP contribution >= 0.6 is 15.9 Å². The average Bonchev–Trinajstić information content (AvgIpc) is 2.29. The summed E-state index contributed by atoms with van der Waals surface area (Å²) in [7, 11) is 0. The number of carbonyl (C=O) groups excluding carboxylic acids is 2. The van der Waals surface area contributed by atoms with Crippen molar-refractivity contribution in [2.75, 3.05) is 11.9 Å². The van der Waals surface area contributed by atoms with Gasteiger partial charge in [0.25, 0.3) is 0 Å². The summed E-state index contributed by atoms with van der Waals surface area (Å²) in [5.74, 6) is -1.54. The molecule has 6 heteroatoms. The first-order valence-corrected chi connectivity index (χ1v) is 6.23. The van der Waals surface area contributed by atoms with Crippen molar-refractivity contribution < 1.29 is 14.7 Å². The number of hydrogen-bond acceptors (Lipinski definition) is 3. The van der Waals surface area contributed by atoms with E-state index in [2.05, 4.69) is 26.6 Å². The van der Waals surface area contributed by atoms with E-state index < -0.39 is 17.9 Å². The highest BCUT2D eigenvalue weighted by molar-refractivity contribution is 9.10. The van der Waals surface area contributed by atoms with E-state index in [9.17, 15) is 9.59 Å². The first-order valence-electron chi connectivity index (χ1n) is 5.43. The van der Waals surface area contributed by atoms with Crippen LogP contribution in [0.1, 0.15) is 12.5 Å². The fourth-order valence-corrected chi connectivity index (χ4v) is 1.81. The van der Waals surface area contributed by atoms with Crippen molar-refractivity contribution in [3.63, 3.8) is 0 Å². The molecule has 0 unspecified atom stereocenters. The van der Waals surface area contributed by atoms with Gasteiger partial charge in [-0.1, -0.05) is 6.07 Å². The molecule has 3 N–H and O–H groups in total. The molecular formula is C12H15BrN2O3. The minimum Gasteiger partial charge on any atom is -0.392 e. The molecule has 0 spiro atoms. The van der Waals surface area contributed by atoms with Crippen molar-refractivity contribution in [3.05, 3.63) is 28.2 Å². The molecule has 0 aromatic heterocycles. The maximum atomic E-state index is 11.5. The standard InChI is InChI=1S/C12H15BrN2O3/c1-7-3-4-10(9(13)5-7)15-12(18)11(17)14-6-8(2)16/h3-5,8,16H,6H2,1-2H3,(H,14,17)(H,15,18)/t8-/m0/s1. The second-order valence-corrected chi connectivity index (χ2v) is 4.85. The third kappa shape index (κ3) is 4.46. The predicted molar refractivity (Wildman–Crippen MR) is 72.2 cm³/mol. The van der Waals surface area contributed by atoms with Crippen molar-refractivity contribution in [2.24, 2.45) is 0 Å². The van der Waals surface area contributed by atoms with Gasteiger partial charge in [0, 0.05) is 11.0 Å². The van der Waals surface area contributed by atoms with Gasteiger partial charge < -0.3 is 15.7 Å². The van der Waals surface area contributed by atoms with Gasteiger partial charge in [0.15, 0.2) is 0 Å². The Kier molecular flexibility index (Phi) is 5.30.